The van der Waals surface area contributed by atoms with Gasteiger partial charge in [-0.1, -0.05) is 61.8 Å². The van der Waals surface area contributed by atoms with Crippen LogP contribution in [0.1, 0.15) is 39.0 Å². The zero-order valence-corrected chi connectivity index (χ0v) is 15.2. The Kier molecular flexibility index (Phi) is 5.95. The van der Waals surface area contributed by atoms with Crippen LogP contribution >= 0.6 is 0 Å². The van der Waals surface area contributed by atoms with E-state index in [2.05, 4.69) is 31.7 Å². The number of hydrogen-bond donors (Lipinski definition) is 1. The molecule has 136 valence electrons. The summed E-state index contributed by atoms with van der Waals surface area (Å²) in [7, 11) is 0. The van der Waals surface area contributed by atoms with Crippen LogP contribution in [0.25, 0.3) is 0 Å². The summed E-state index contributed by atoms with van der Waals surface area (Å²) in [6.07, 6.45) is 20.4. The van der Waals surface area contributed by atoms with Crippen molar-refractivity contribution in [2.75, 3.05) is 0 Å². The predicted molar refractivity (Wildman–Crippen MR) is 102 cm³/mol. The van der Waals surface area contributed by atoms with E-state index in [1.807, 2.05) is 18.2 Å². The van der Waals surface area contributed by atoms with Crippen LogP contribution in [0.5, 0.6) is 0 Å². The first kappa shape index (κ1) is 18.2. The third-order valence-corrected chi connectivity index (χ3v) is 6.35. The quantitative estimate of drug-likeness (QED) is 0.464. The lowest BCUT2D eigenvalue weighted by Crippen LogP contribution is -2.42. The fraction of sp³-hybridized carbons (Fsp3) is 0.591. The minimum Gasteiger partial charge on any atom is -0.462 e. The molecule has 0 spiro atoms. The van der Waals surface area contributed by atoms with Crippen LogP contribution in [-0.2, 0) is 9.53 Å². The lowest BCUT2D eigenvalue weighted by atomic mass is 9.57. The van der Waals surface area contributed by atoms with Gasteiger partial charge in [-0.15, -0.1) is 6.58 Å². The first-order valence-corrected chi connectivity index (χ1v) is 9.72. The molecule has 3 aliphatic rings. The summed E-state index contributed by atoms with van der Waals surface area (Å²) in [5, 5.41) is 0. The van der Waals surface area contributed by atoms with Gasteiger partial charge in [0.15, 0.2) is 0 Å². The molecule has 3 heteroatoms. The van der Waals surface area contributed by atoms with E-state index in [9.17, 15) is 4.79 Å². The molecule has 0 aromatic carbocycles. The summed E-state index contributed by atoms with van der Waals surface area (Å²) in [5.74, 6) is 2.35. The fourth-order valence-electron chi connectivity index (χ4n) is 5.18. The molecule has 1 aliphatic heterocycles. The molecule has 0 aromatic heterocycles. The number of ether oxygens (including phenoxy) is 1. The van der Waals surface area contributed by atoms with Gasteiger partial charge in [0.05, 0.1) is 5.92 Å². The Morgan fingerprint density at radius 3 is 2.76 bits per heavy atom. The Morgan fingerprint density at radius 2 is 1.96 bits per heavy atom. The number of nitrogens with two attached hydrogens (primary N) is 1. The lowest BCUT2D eigenvalue weighted by molar-refractivity contribution is -0.144. The van der Waals surface area contributed by atoms with Gasteiger partial charge in [-0.25, -0.2) is 0 Å². The fourth-order valence-corrected chi connectivity index (χ4v) is 5.18. The minimum atomic E-state index is -0.0989. The van der Waals surface area contributed by atoms with E-state index in [0.29, 0.717) is 23.7 Å². The van der Waals surface area contributed by atoms with Crippen molar-refractivity contribution in [3.63, 3.8) is 0 Å². The molecule has 1 saturated heterocycles. The summed E-state index contributed by atoms with van der Waals surface area (Å²) in [6.45, 7) is 5.74. The summed E-state index contributed by atoms with van der Waals surface area (Å²) in [4.78, 5) is 12.3. The van der Waals surface area contributed by atoms with E-state index in [4.69, 9.17) is 10.5 Å². The zero-order valence-electron chi connectivity index (χ0n) is 15.2. The van der Waals surface area contributed by atoms with Gasteiger partial charge in [0.1, 0.15) is 6.10 Å². The molecule has 2 aliphatic carbocycles. The van der Waals surface area contributed by atoms with Crippen molar-refractivity contribution >= 4 is 5.97 Å². The molecule has 3 nitrogen and oxygen atoms in total. The smallest absolute Gasteiger partial charge is 0.309 e. The maximum Gasteiger partial charge on any atom is 0.309 e. The summed E-state index contributed by atoms with van der Waals surface area (Å²) >= 11 is 0. The summed E-state index contributed by atoms with van der Waals surface area (Å²) in [6, 6.07) is -0.0989. The minimum absolute atomic E-state index is 0.0387. The highest BCUT2D eigenvalue weighted by Gasteiger charge is 2.53. The lowest BCUT2D eigenvalue weighted by Gasteiger charge is -2.45. The topological polar surface area (TPSA) is 52.3 Å². The molecule has 6 unspecified atom stereocenters. The molecule has 0 aromatic rings. The molecule has 3 rings (SSSR count). The van der Waals surface area contributed by atoms with E-state index in [-0.39, 0.29) is 24.0 Å². The van der Waals surface area contributed by atoms with Crippen LogP contribution in [0.15, 0.2) is 49.1 Å². The van der Waals surface area contributed by atoms with Crippen LogP contribution in [0.2, 0.25) is 0 Å². The average Bonchev–Trinajstić information content (AvgIpc) is 2.90. The first-order valence-electron chi connectivity index (χ1n) is 9.72. The summed E-state index contributed by atoms with van der Waals surface area (Å²) < 4.78 is 5.60. The van der Waals surface area contributed by atoms with Gasteiger partial charge in [-0.3, -0.25) is 4.79 Å². The molecular weight excluding hydrogens is 310 g/mol. The highest BCUT2D eigenvalue weighted by Crippen LogP contribution is 2.53. The highest BCUT2D eigenvalue weighted by atomic mass is 16.6. The second kappa shape index (κ2) is 8.18. The van der Waals surface area contributed by atoms with E-state index in [1.165, 1.54) is 25.7 Å². The number of allylic oxidation sites excluding steroid dienone is 5. The number of fused-ring (bicyclic) bond motifs is 2. The Balaban J connectivity index is 1.72. The Hall–Kier alpha value is -1.61. The molecule has 25 heavy (non-hydrogen) atoms. The van der Waals surface area contributed by atoms with Gasteiger partial charge >= 0.3 is 5.97 Å². The first-order chi connectivity index (χ1) is 12.1. The second-order valence-corrected chi connectivity index (χ2v) is 7.82. The van der Waals surface area contributed by atoms with E-state index in [1.54, 1.807) is 6.08 Å². The maximum atomic E-state index is 12.3. The monoisotopic (exact) mass is 341 g/mol. The number of hydrogen-bond acceptors (Lipinski definition) is 3. The Bertz CT molecular complexity index is 577. The molecule has 2 saturated carbocycles. The molecule has 1 heterocycles. The van der Waals surface area contributed by atoms with Crippen LogP contribution in [0.3, 0.4) is 0 Å². The molecule has 0 bridgehead atoms. The van der Waals surface area contributed by atoms with Crippen molar-refractivity contribution in [2.45, 2.75) is 51.2 Å². The molecule has 0 radical (unpaired) electrons. The van der Waals surface area contributed by atoms with E-state index in [0.717, 1.165) is 6.42 Å². The van der Waals surface area contributed by atoms with Crippen molar-refractivity contribution in [3.8, 4) is 0 Å². The third-order valence-electron chi connectivity index (χ3n) is 6.35. The third kappa shape index (κ3) is 3.98. The predicted octanol–water partition coefficient (Wildman–Crippen LogP) is 4.17. The maximum absolute atomic E-state index is 12.3. The van der Waals surface area contributed by atoms with E-state index >= 15 is 0 Å². The number of carbonyl (C=O) groups is 1. The number of cyclic esters (lactones) is 1. The van der Waals surface area contributed by atoms with Crippen molar-refractivity contribution in [3.05, 3.63) is 49.1 Å². The van der Waals surface area contributed by atoms with Gasteiger partial charge in [-0.05, 0) is 37.5 Å². The van der Waals surface area contributed by atoms with Crippen LogP contribution in [0, 0.1) is 29.6 Å². The van der Waals surface area contributed by atoms with Crippen LogP contribution < -0.4 is 5.73 Å². The zero-order chi connectivity index (χ0) is 17.8. The van der Waals surface area contributed by atoms with Crippen LogP contribution in [0.4, 0.5) is 0 Å². The molecule has 0 amide bonds. The molecule has 7 atom stereocenters. The average molecular weight is 341 g/mol. The van der Waals surface area contributed by atoms with Gasteiger partial charge in [-0.2, -0.15) is 0 Å². The molecular formula is C22H31NO2. The standard InChI is InChI=1S/C22H31NO2/c1-3-17(23)11-6-4-5-7-13-19-18-12-9-8-10-16(18)14-20-21(19)15(2)25-22(20)24/h3-7,11,13,15-21H,1,8-10,12,14,23H2,2H3/b5-4+,11-6-,13-7+/t15-,16?,17?,18?,19?,20?,21?/m0/s1. The molecule has 2 N–H and O–H groups in total. The van der Waals surface area contributed by atoms with Crippen molar-refractivity contribution in [1.82, 2.24) is 0 Å². The van der Waals surface area contributed by atoms with Crippen molar-refractivity contribution in [2.24, 2.45) is 35.3 Å². The largest absolute Gasteiger partial charge is 0.462 e. The van der Waals surface area contributed by atoms with Gasteiger partial charge in [0.25, 0.3) is 0 Å². The number of esters is 1. The molecule has 3 fully saturated rings. The van der Waals surface area contributed by atoms with Crippen LogP contribution in [-0.4, -0.2) is 18.1 Å². The Morgan fingerprint density at radius 1 is 1.20 bits per heavy atom. The number of carbonyl (C=O) groups excluding carboxylic acids is 1. The van der Waals surface area contributed by atoms with Gasteiger partial charge < -0.3 is 10.5 Å². The van der Waals surface area contributed by atoms with Gasteiger partial charge in [0, 0.05) is 12.0 Å². The van der Waals surface area contributed by atoms with Crippen molar-refractivity contribution in [1.29, 1.82) is 0 Å². The highest BCUT2D eigenvalue weighted by molar-refractivity contribution is 5.75. The van der Waals surface area contributed by atoms with E-state index < -0.39 is 0 Å². The second-order valence-electron chi connectivity index (χ2n) is 7.82. The summed E-state index contributed by atoms with van der Waals surface area (Å²) in [5.41, 5.74) is 5.76. The SMILES string of the molecule is C=CC(N)\C=C/C=C/C=C/C1C2CCCCC2CC2C(=O)O[C@@H](C)C21. The number of rotatable bonds is 5. The normalized spacial score (nSPS) is 39.5. The van der Waals surface area contributed by atoms with Gasteiger partial charge in [0.2, 0.25) is 0 Å². The van der Waals surface area contributed by atoms with Crippen molar-refractivity contribution < 1.29 is 9.53 Å². The Labute approximate surface area is 151 Å².